The zero-order valence-corrected chi connectivity index (χ0v) is 11.1. The molecule has 0 saturated heterocycles. The van der Waals surface area contributed by atoms with Gasteiger partial charge in [0.15, 0.2) is 0 Å². The Morgan fingerprint density at radius 2 is 2.17 bits per heavy atom. The number of nitrogens with two attached hydrogens (primary N) is 1. The quantitative estimate of drug-likeness (QED) is 0.348. The second-order valence-electron chi connectivity index (χ2n) is 4.24. The fourth-order valence-electron chi connectivity index (χ4n) is 1.71. The zero-order chi connectivity index (χ0) is 13.9. The largest absolute Gasteiger partial charge is 0.409 e. The second-order valence-corrected chi connectivity index (χ2v) is 4.24. The maximum absolute atomic E-state index is 12.2. The first kappa shape index (κ1) is 14.0. The van der Waals surface area contributed by atoms with Gasteiger partial charge in [0.1, 0.15) is 5.84 Å². The van der Waals surface area contributed by atoms with E-state index in [1.807, 2.05) is 6.92 Å². The number of hydrogen-bond donors (Lipinski definition) is 2. The summed E-state index contributed by atoms with van der Waals surface area (Å²) in [5, 5.41) is 15.5. The zero-order valence-electron chi connectivity index (χ0n) is 11.1. The van der Waals surface area contributed by atoms with Gasteiger partial charge in [-0.1, -0.05) is 5.16 Å². The van der Waals surface area contributed by atoms with Crippen molar-refractivity contribution in [1.29, 1.82) is 0 Å². The maximum atomic E-state index is 12.2. The van der Waals surface area contributed by atoms with Crippen LogP contribution in [0.3, 0.4) is 0 Å². The van der Waals surface area contributed by atoms with Crippen LogP contribution in [-0.4, -0.2) is 45.2 Å². The van der Waals surface area contributed by atoms with Gasteiger partial charge in [-0.05, 0) is 13.8 Å². The molecule has 0 radical (unpaired) electrons. The number of aryl methyl sites for hydroxylation is 2. The third-order valence-corrected chi connectivity index (χ3v) is 2.90. The van der Waals surface area contributed by atoms with E-state index < -0.39 is 0 Å². The summed E-state index contributed by atoms with van der Waals surface area (Å²) in [6, 6.07) is 0. The van der Waals surface area contributed by atoms with Gasteiger partial charge >= 0.3 is 0 Å². The maximum Gasteiger partial charge on any atom is 0.257 e. The highest BCUT2D eigenvalue weighted by Crippen LogP contribution is 2.14. The first-order valence-corrected chi connectivity index (χ1v) is 5.60. The lowest BCUT2D eigenvalue weighted by atomic mass is 10.1. The number of hydrogen-bond acceptors (Lipinski definition) is 4. The molecule has 7 heteroatoms. The van der Waals surface area contributed by atoms with Crippen molar-refractivity contribution in [2.45, 2.75) is 20.3 Å². The molecular weight excluding hydrogens is 234 g/mol. The highest BCUT2D eigenvalue weighted by Gasteiger charge is 2.20. The van der Waals surface area contributed by atoms with Crippen LogP contribution < -0.4 is 5.73 Å². The minimum Gasteiger partial charge on any atom is -0.409 e. The van der Waals surface area contributed by atoms with Crippen molar-refractivity contribution in [3.8, 4) is 0 Å². The molecule has 0 atom stereocenters. The van der Waals surface area contributed by atoms with E-state index in [4.69, 9.17) is 10.9 Å². The van der Waals surface area contributed by atoms with Gasteiger partial charge in [-0.2, -0.15) is 5.10 Å². The molecule has 18 heavy (non-hydrogen) atoms. The predicted octanol–water partition coefficient (Wildman–Crippen LogP) is 0.245. The van der Waals surface area contributed by atoms with Crippen LogP contribution in [0, 0.1) is 13.8 Å². The van der Waals surface area contributed by atoms with Gasteiger partial charge in [-0.25, -0.2) is 0 Å². The van der Waals surface area contributed by atoms with E-state index in [1.54, 1.807) is 25.7 Å². The van der Waals surface area contributed by atoms with Crippen LogP contribution in [-0.2, 0) is 7.05 Å². The van der Waals surface area contributed by atoms with Gasteiger partial charge in [0.05, 0.1) is 11.3 Å². The summed E-state index contributed by atoms with van der Waals surface area (Å²) in [7, 11) is 3.48. The summed E-state index contributed by atoms with van der Waals surface area (Å²) in [4.78, 5) is 13.8. The minimum absolute atomic E-state index is 0.106. The van der Waals surface area contributed by atoms with Gasteiger partial charge in [-0.15, -0.1) is 0 Å². The van der Waals surface area contributed by atoms with Crippen molar-refractivity contribution >= 4 is 11.7 Å². The summed E-state index contributed by atoms with van der Waals surface area (Å²) in [6.45, 7) is 4.05. The average Bonchev–Trinajstić information content (AvgIpc) is 2.59. The Kier molecular flexibility index (Phi) is 4.30. The van der Waals surface area contributed by atoms with E-state index in [9.17, 15) is 4.79 Å². The molecule has 1 aromatic rings. The van der Waals surface area contributed by atoms with Crippen molar-refractivity contribution < 1.29 is 10.0 Å². The lowest BCUT2D eigenvalue weighted by molar-refractivity contribution is 0.0797. The fourth-order valence-corrected chi connectivity index (χ4v) is 1.71. The van der Waals surface area contributed by atoms with Crippen LogP contribution in [0.25, 0.3) is 0 Å². The molecule has 0 aliphatic rings. The molecule has 0 unspecified atom stereocenters. The number of amidine groups is 1. The number of aromatic nitrogens is 2. The molecule has 0 aliphatic heterocycles. The first-order valence-electron chi connectivity index (χ1n) is 5.60. The molecule has 100 valence electrons. The smallest absolute Gasteiger partial charge is 0.257 e. The summed E-state index contributed by atoms with van der Waals surface area (Å²) >= 11 is 0. The summed E-state index contributed by atoms with van der Waals surface area (Å²) < 4.78 is 1.68. The molecule has 1 rings (SSSR count). The Morgan fingerprint density at radius 3 is 2.61 bits per heavy atom. The predicted molar refractivity (Wildman–Crippen MR) is 67.7 cm³/mol. The van der Waals surface area contributed by atoms with E-state index >= 15 is 0 Å². The van der Waals surface area contributed by atoms with E-state index in [0.29, 0.717) is 24.2 Å². The third-order valence-electron chi connectivity index (χ3n) is 2.90. The molecule has 1 aromatic heterocycles. The van der Waals surface area contributed by atoms with Crippen LogP contribution in [0.4, 0.5) is 0 Å². The Hall–Kier alpha value is -2.05. The Morgan fingerprint density at radius 1 is 1.56 bits per heavy atom. The summed E-state index contributed by atoms with van der Waals surface area (Å²) in [6.07, 6.45) is 0.330. The Bertz CT molecular complexity index is 478. The molecule has 7 nitrogen and oxygen atoms in total. The molecule has 1 heterocycles. The van der Waals surface area contributed by atoms with Crippen LogP contribution in [0.1, 0.15) is 28.2 Å². The number of nitrogens with zero attached hydrogens (tertiary/aromatic N) is 4. The van der Waals surface area contributed by atoms with Crippen molar-refractivity contribution in [2.75, 3.05) is 13.6 Å². The molecule has 1 amide bonds. The Labute approximate surface area is 106 Å². The number of carbonyl (C=O) groups is 1. The van der Waals surface area contributed by atoms with E-state index in [2.05, 4.69) is 10.3 Å². The average molecular weight is 253 g/mol. The standard InChI is InChI=1S/C11H19N5O2/c1-7-10(8(2)16(4)13-7)11(17)15(3)6-5-9(12)14-18/h18H,5-6H2,1-4H3,(H2,12,14). The minimum atomic E-state index is -0.108. The van der Waals surface area contributed by atoms with Gasteiger partial charge in [0.2, 0.25) is 0 Å². The van der Waals surface area contributed by atoms with E-state index in [1.165, 1.54) is 4.90 Å². The molecular formula is C11H19N5O2. The van der Waals surface area contributed by atoms with Crippen LogP contribution in [0.15, 0.2) is 5.16 Å². The molecule has 0 aromatic carbocycles. The van der Waals surface area contributed by atoms with Crippen molar-refractivity contribution in [2.24, 2.45) is 17.9 Å². The van der Waals surface area contributed by atoms with Crippen LogP contribution in [0.2, 0.25) is 0 Å². The van der Waals surface area contributed by atoms with Gasteiger partial charge in [0.25, 0.3) is 5.91 Å². The van der Waals surface area contributed by atoms with Crippen molar-refractivity contribution in [1.82, 2.24) is 14.7 Å². The number of rotatable bonds is 4. The molecule has 0 aliphatic carbocycles. The summed E-state index contributed by atoms with van der Waals surface area (Å²) in [5.74, 6) is -0.00174. The van der Waals surface area contributed by atoms with Crippen molar-refractivity contribution in [3.05, 3.63) is 17.0 Å². The fraction of sp³-hybridized carbons (Fsp3) is 0.545. The SMILES string of the molecule is Cc1nn(C)c(C)c1C(=O)N(C)CC/C(N)=N/O. The third kappa shape index (κ3) is 2.79. The molecule has 0 saturated carbocycles. The molecule has 0 fully saturated rings. The van der Waals surface area contributed by atoms with Crippen LogP contribution in [0.5, 0.6) is 0 Å². The highest BCUT2D eigenvalue weighted by atomic mass is 16.4. The second kappa shape index (κ2) is 5.52. The summed E-state index contributed by atoms with van der Waals surface area (Å²) in [5.41, 5.74) is 7.51. The Balaban J connectivity index is 2.81. The van der Waals surface area contributed by atoms with Crippen molar-refractivity contribution in [3.63, 3.8) is 0 Å². The number of oxime groups is 1. The van der Waals surface area contributed by atoms with Gasteiger partial charge in [0, 0.05) is 32.8 Å². The highest BCUT2D eigenvalue weighted by molar-refractivity contribution is 5.96. The van der Waals surface area contributed by atoms with E-state index in [0.717, 1.165) is 5.69 Å². The van der Waals surface area contributed by atoms with Gasteiger partial charge < -0.3 is 15.8 Å². The molecule has 0 bridgehead atoms. The molecule has 3 N–H and O–H groups in total. The number of carbonyl (C=O) groups excluding carboxylic acids is 1. The monoisotopic (exact) mass is 253 g/mol. The van der Waals surface area contributed by atoms with E-state index in [-0.39, 0.29) is 11.7 Å². The molecule has 0 spiro atoms. The van der Waals surface area contributed by atoms with Gasteiger partial charge in [-0.3, -0.25) is 9.48 Å². The topological polar surface area (TPSA) is 96.7 Å². The lowest BCUT2D eigenvalue weighted by Crippen LogP contribution is -2.31. The number of amides is 1. The first-order chi connectivity index (χ1) is 8.38. The normalized spacial score (nSPS) is 11.7. The lowest BCUT2D eigenvalue weighted by Gasteiger charge is -2.16. The van der Waals surface area contributed by atoms with Crippen LogP contribution >= 0.6 is 0 Å².